The molecule has 1 aromatic carbocycles. The lowest BCUT2D eigenvalue weighted by atomic mass is 10.1. The normalized spacial score (nSPS) is 20.2. The molecule has 18 heavy (non-hydrogen) atoms. The summed E-state index contributed by atoms with van der Waals surface area (Å²) in [4.78, 5) is 0. The Hall–Kier alpha value is -1.07. The molecule has 2 rings (SSSR count). The van der Waals surface area contributed by atoms with E-state index in [1.54, 1.807) is 6.92 Å². The summed E-state index contributed by atoms with van der Waals surface area (Å²) in [6, 6.07) is 7.87. The van der Waals surface area contributed by atoms with Gasteiger partial charge in [0.05, 0.1) is 11.8 Å². The van der Waals surface area contributed by atoms with E-state index in [0.29, 0.717) is 6.61 Å². The lowest BCUT2D eigenvalue weighted by molar-refractivity contribution is 0.303. The fraction of sp³-hybridized carbons (Fsp3) is 0.538. The van der Waals surface area contributed by atoms with Crippen molar-refractivity contribution in [1.82, 2.24) is 5.32 Å². The van der Waals surface area contributed by atoms with Gasteiger partial charge in [-0.1, -0.05) is 25.1 Å². The average Bonchev–Trinajstić information content (AvgIpc) is 2.72. The Kier molecular flexibility index (Phi) is 3.92. The summed E-state index contributed by atoms with van der Waals surface area (Å²) in [5.41, 5.74) is 1.11. The molecule has 4 nitrogen and oxygen atoms in total. The largest absolute Gasteiger partial charge is 0.491 e. The summed E-state index contributed by atoms with van der Waals surface area (Å²) >= 11 is 0. The minimum Gasteiger partial charge on any atom is -0.491 e. The molecule has 0 saturated heterocycles. The molecule has 2 atom stereocenters. The molecule has 1 aromatic rings. The van der Waals surface area contributed by atoms with E-state index < -0.39 is 9.84 Å². The van der Waals surface area contributed by atoms with Crippen LogP contribution in [0.5, 0.6) is 5.75 Å². The smallest absolute Gasteiger partial charge is 0.151 e. The molecule has 0 bridgehead atoms. The number of ether oxygens (including phenoxy) is 1. The number of fused-ring (bicyclic) bond motifs is 1. The van der Waals surface area contributed by atoms with Crippen LogP contribution in [0, 0.1) is 0 Å². The minimum atomic E-state index is -2.94. The number of hydrogen-bond donors (Lipinski definition) is 1. The first kappa shape index (κ1) is 13.4. The number of para-hydroxylation sites is 1. The Balaban J connectivity index is 2.00. The van der Waals surface area contributed by atoms with Crippen molar-refractivity contribution in [3.63, 3.8) is 0 Å². The van der Waals surface area contributed by atoms with Gasteiger partial charge in [-0.3, -0.25) is 0 Å². The van der Waals surface area contributed by atoms with E-state index in [2.05, 4.69) is 5.32 Å². The highest BCUT2D eigenvalue weighted by atomic mass is 32.2. The predicted molar refractivity (Wildman–Crippen MR) is 71.6 cm³/mol. The first-order chi connectivity index (χ1) is 8.52. The van der Waals surface area contributed by atoms with Crippen molar-refractivity contribution in [1.29, 1.82) is 0 Å². The lowest BCUT2D eigenvalue weighted by Gasteiger charge is -2.18. The van der Waals surface area contributed by atoms with Crippen LogP contribution < -0.4 is 10.1 Å². The molecule has 0 spiro atoms. The van der Waals surface area contributed by atoms with Gasteiger partial charge in [0.2, 0.25) is 0 Å². The Morgan fingerprint density at radius 3 is 2.89 bits per heavy atom. The molecule has 0 fully saturated rings. The van der Waals surface area contributed by atoms with Crippen LogP contribution in [-0.2, 0) is 9.84 Å². The Morgan fingerprint density at radius 2 is 2.17 bits per heavy atom. The zero-order valence-corrected chi connectivity index (χ0v) is 11.5. The highest BCUT2D eigenvalue weighted by Gasteiger charge is 2.25. The van der Waals surface area contributed by atoms with Crippen LogP contribution in [0.3, 0.4) is 0 Å². The first-order valence-corrected chi connectivity index (χ1v) is 8.02. The van der Waals surface area contributed by atoms with E-state index >= 15 is 0 Å². The van der Waals surface area contributed by atoms with Gasteiger partial charge in [0.15, 0.2) is 9.84 Å². The highest BCUT2D eigenvalue weighted by molar-refractivity contribution is 7.91. The molecule has 0 aromatic heterocycles. The topological polar surface area (TPSA) is 55.4 Å². The maximum Gasteiger partial charge on any atom is 0.151 e. The van der Waals surface area contributed by atoms with Crippen LogP contribution in [0.1, 0.15) is 25.5 Å². The molecule has 0 aliphatic carbocycles. The fourth-order valence-electron chi connectivity index (χ4n) is 2.19. The van der Waals surface area contributed by atoms with Crippen LogP contribution in [0.15, 0.2) is 24.3 Å². The van der Waals surface area contributed by atoms with Crippen LogP contribution in [0.4, 0.5) is 0 Å². The number of benzene rings is 1. The zero-order chi connectivity index (χ0) is 13.2. The second-order valence-electron chi connectivity index (χ2n) is 4.67. The van der Waals surface area contributed by atoms with Crippen molar-refractivity contribution in [3.05, 3.63) is 29.8 Å². The third kappa shape index (κ3) is 3.03. The van der Waals surface area contributed by atoms with Crippen LogP contribution in [0.2, 0.25) is 0 Å². The molecule has 2 unspecified atom stereocenters. The van der Waals surface area contributed by atoms with E-state index in [1.165, 1.54) is 0 Å². The summed E-state index contributed by atoms with van der Waals surface area (Å²) < 4.78 is 28.7. The summed E-state index contributed by atoms with van der Waals surface area (Å²) in [6.07, 6.45) is 0. The standard InChI is InChI=1S/C13H19NO3S/c1-3-18(15,16)9-10(2)14-12-8-17-13-7-5-4-6-11(12)13/h4-7,10,12,14H,3,8-9H2,1-2H3. The van der Waals surface area contributed by atoms with Crippen molar-refractivity contribution >= 4 is 9.84 Å². The molecule has 1 N–H and O–H groups in total. The van der Waals surface area contributed by atoms with Gasteiger partial charge in [-0.2, -0.15) is 0 Å². The van der Waals surface area contributed by atoms with E-state index in [0.717, 1.165) is 11.3 Å². The van der Waals surface area contributed by atoms with Crippen molar-refractivity contribution < 1.29 is 13.2 Å². The van der Waals surface area contributed by atoms with Crippen molar-refractivity contribution in [2.75, 3.05) is 18.1 Å². The molecule has 0 saturated carbocycles. The monoisotopic (exact) mass is 269 g/mol. The second kappa shape index (κ2) is 5.28. The molecule has 100 valence electrons. The van der Waals surface area contributed by atoms with E-state index in [4.69, 9.17) is 4.74 Å². The zero-order valence-electron chi connectivity index (χ0n) is 10.7. The fourth-order valence-corrected chi connectivity index (χ4v) is 3.28. The van der Waals surface area contributed by atoms with Crippen molar-refractivity contribution in [2.24, 2.45) is 0 Å². The molecule has 1 heterocycles. The van der Waals surface area contributed by atoms with Crippen molar-refractivity contribution in [3.8, 4) is 5.75 Å². The summed E-state index contributed by atoms with van der Waals surface area (Å²) in [5, 5.41) is 3.32. The molecule has 1 aliphatic heterocycles. The predicted octanol–water partition coefficient (Wildman–Crippen LogP) is 1.53. The highest BCUT2D eigenvalue weighted by Crippen LogP contribution is 2.31. The van der Waals surface area contributed by atoms with Gasteiger partial charge in [-0.15, -0.1) is 0 Å². The molecule has 0 radical (unpaired) electrons. The van der Waals surface area contributed by atoms with E-state index in [-0.39, 0.29) is 23.6 Å². The third-order valence-corrected chi connectivity index (χ3v) is 5.02. The Labute approximate surface area is 108 Å². The van der Waals surface area contributed by atoms with E-state index in [9.17, 15) is 8.42 Å². The van der Waals surface area contributed by atoms with Crippen molar-refractivity contribution in [2.45, 2.75) is 25.9 Å². The van der Waals surface area contributed by atoms with Gasteiger partial charge >= 0.3 is 0 Å². The van der Waals surface area contributed by atoms with Gasteiger partial charge in [0.25, 0.3) is 0 Å². The Bertz CT molecular complexity index is 513. The number of sulfone groups is 1. The Morgan fingerprint density at radius 1 is 1.44 bits per heavy atom. The maximum absolute atomic E-state index is 11.6. The third-order valence-electron chi connectivity index (χ3n) is 3.13. The maximum atomic E-state index is 11.6. The molecular formula is C13H19NO3S. The van der Waals surface area contributed by atoms with Gasteiger partial charge in [-0.25, -0.2) is 8.42 Å². The number of hydrogen-bond acceptors (Lipinski definition) is 4. The summed E-state index contributed by atoms with van der Waals surface area (Å²) in [5.74, 6) is 1.25. The molecular weight excluding hydrogens is 250 g/mol. The summed E-state index contributed by atoms with van der Waals surface area (Å²) in [7, 11) is -2.94. The van der Waals surface area contributed by atoms with Gasteiger partial charge < -0.3 is 10.1 Å². The van der Waals surface area contributed by atoms with Gasteiger partial charge in [0, 0.05) is 17.4 Å². The van der Waals surface area contributed by atoms with Gasteiger partial charge in [0.1, 0.15) is 12.4 Å². The number of nitrogens with one attached hydrogen (secondary N) is 1. The quantitative estimate of drug-likeness (QED) is 0.881. The second-order valence-corrected chi connectivity index (χ2v) is 7.07. The van der Waals surface area contributed by atoms with Crippen LogP contribution >= 0.6 is 0 Å². The SMILES string of the molecule is CCS(=O)(=O)CC(C)NC1COc2ccccc21. The lowest BCUT2D eigenvalue weighted by Crippen LogP contribution is -2.37. The average molecular weight is 269 g/mol. The van der Waals surface area contributed by atoms with Crippen LogP contribution in [0.25, 0.3) is 0 Å². The molecule has 5 heteroatoms. The minimum absolute atomic E-state index is 0.0743. The van der Waals surface area contributed by atoms with Gasteiger partial charge in [-0.05, 0) is 13.0 Å². The van der Waals surface area contributed by atoms with Crippen LogP contribution in [-0.4, -0.2) is 32.6 Å². The van der Waals surface area contributed by atoms with E-state index in [1.807, 2.05) is 31.2 Å². The first-order valence-electron chi connectivity index (χ1n) is 6.20. The molecule has 1 aliphatic rings. The molecule has 0 amide bonds. The summed E-state index contributed by atoms with van der Waals surface area (Å²) in [6.45, 7) is 4.14. The number of rotatable bonds is 5.